The molecule has 12 rings (SSSR count). The van der Waals surface area contributed by atoms with Gasteiger partial charge in [0.25, 0.3) is 11.3 Å². The van der Waals surface area contributed by atoms with Crippen molar-refractivity contribution in [3.05, 3.63) is 163 Å². The molecule has 4 aromatic heterocycles. The van der Waals surface area contributed by atoms with E-state index in [2.05, 4.69) is 175 Å². The Morgan fingerprint density at radius 1 is 0.391 bits per heavy atom. The fraction of sp³-hybridized carbons (Fsp3) is 0.0244. The van der Waals surface area contributed by atoms with Crippen LogP contribution < -0.4 is 14.0 Å². The number of hydrogen-bond donors (Lipinski definition) is 0. The maximum atomic E-state index is 2.57. The number of anilines is 3. The van der Waals surface area contributed by atoms with Gasteiger partial charge in [-0.15, -0.1) is 0 Å². The number of nitrogens with zero attached hydrogens (tertiary/aromatic N) is 5. The topological polar surface area (TPSA) is 20.9 Å². The summed E-state index contributed by atoms with van der Waals surface area (Å²) in [5, 5.41) is 5.04. The van der Waals surface area contributed by atoms with Crippen molar-refractivity contribution < 1.29 is 9.13 Å². The molecule has 5 nitrogen and oxygen atoms in total. The lowest BCUT2D eigenvalue weighted by Crippen LogP contribution is -2.78. The molecule has 0 amide bonds. The van der Waals surface area contributed by atoms with Crippen LogP contribution in [0.2, 0.25) is 0 Å². The van der Waals surface area contributed by atoms with Crippen LogP contribution in [0.3, 0.4) is 0 Å². The standard InChI is InChI=1S/C41H25N5/c1-2-12-26(13-3-1)44-33-20-8-22-35-37(33)41(42-24-10-16-29-27-14-4-6-18-31(27)45(35)39(29)42)38-34(44)21-9-23-36(38)46-32-19-7-5-15-28(32)30-17-11-25-43(41)40(30)46/h1-25H/q+2. The van der Waals surface area contributed by atoms with E-state index in [4.69, 9.17) is 0 Å². The number of benzene rings is 5. The van der Waals surface area contributed by atoms with Gasteiger partial charge in [0.2, 0.25) is 0 Å². The van der Waals surface area contributed by atoms with Crippen molar-refractivity contribution in [2.45, 2.75) is 5.66 Å². The minimum Gasteiger partial charge on any atom is -0.309 e. The normalized spacial score (nSPS) is 14.7. The van der Waals surface area contributed by atoms with Crippen LogP contribution in [0, 0.1) is 0 Å². The molecule has 0 saturated heterocycles. The molecule has 0 radical (unpaired) electrons. The molecule has 0 aliphatic carbocycles. The average Bonchev–Trinajstić information content (AvgIpc) is 3.64. The number of aromatic nitrogens is 4. The van der Waals surface area contributed by atoms with E-state index >= 15 is 0 Å². The summed E-state index contributed by atoms with van der Waals surface area (Å²) in [7, 11) is 0. The molecular formula is C41H25N5+2. The second-order valence-corrected chi connectivity index (χ2v) is 12.6. The first kappa shape index (κ1) is 23.2. The van der Waals surface area contributed by atoms with Gasteiger partial charge in [0, 0.05) is 16.5 Å². The average molecular weight is 588 g/mol. The van der Waals surface area contributed by atoms with Crippen molar-refractivity contribution in [2.24, 2.45) is 0 Å². The molecule has 1 spiro atoms. The summed E-state index contributed by atoms with van der Waals surface area (Å²) in [5.74, 6) is 0. The van der Waals surface area contributed by atoms with Crippen LogP contribution in [-0.4, -0.2) is 9.13 Å². The maximum Gasteiger partial charge on any atom is 0.318 e. The Balaban J connectivity index is 1.42. The molecule has 3 aliphatic heterocycles. The molecule has 5 heteroatoms. The van der Waals surface area contributed by atoms with E-state index in [1.807, 2.05) is 0 Å². The predicted molar refractivity (Wildman–Crippen MR) is 182 cm³/mol. The predicted octanol–water partition coefficient (Wildman–Crippen LogP) is 8.16. The van der Waals surface area contributed by atoms with Gasteiger partial charge in [-0.3, -0.25) is 0 Å². The van der Waals surface area contributed by atoms with Gasteiger partial charge in [-0.2, -0.15) is 18.3 Å². The molecule has 5 aromatic carbocycles. The summed E-state index contributed by atoms with van der Waals surface area (Å²) in [6.45, 7) is 0. The highest BCUT2D eigenvalue weighted by atomic mass is 15.4. The van der Waals surface area contributed by atoms with Gasteiger partial charge in [-0.05, 0) is 84.9 Å². The first-order chi connectivity index (χ1) is 22.9. The maximum absolute atomic E-state index is 2.57. The van der Waals surface area contributed by atoms with Gasteiger partial charge in [0.1, 0.15) is 33.5 Å². The smallest absolute Gasteiger partial charge is 0.309 e. The molecule has 7 heterocycles. The van der Waals surface area contributed by atoms with E-state index in [0.717, 1.165) is 5.69 Å². The lowest BCUT2D eigenvalue weighted by atomic mass is 9.79. The first-order valence-electron chi connectivity index (χ1n) is 15.9. The van der Waals surface area contributed by atoms with E-state index in [1.165, 1.54) is 77.7 Å². The Labute approximate surface area is 263 Å². The van der Waals surface area contributed by atoms with Crippen molar-refractivity contribution in [3.63, 3.8) is 0 Å². The molecular weight excluding hydrogens is 562 g/mol. The monoisotopic (exact) mass is 587 g/mol. The first-order valence-corrected chi connectivity index (χ1v) is 15.9. The third-order valence-corrected chi connectivity index (χ3v) is 10.6. The quantitative estimate of drug-likeness (QED) is 0.178. The van der Waals surface area contributed by atoms with Crippen LogP contribution in [0.25, 0.3) is 55.2 Å². The highest BCUT2D eigenvalue weighted by Crippen LogP contribution is 2.57. The van der Waals surface area contributed by atoms with Gasteiger partial charge in [0.15, 0.2) is 0 Å². The molecule has 0 fully saturated rings. The lowest BCUT2D eigenvalue weighted by molar-refractivity contribution is -0.954. The summed E-state index contributed by atoms with van der Waals surface area (Å²) in [6, 6.07) is 51.3. The molecule has 46 heavy (non-hydrogen) atoms. The van der Waals surface area contributed by atoms with Crippen molar-refractivity contribution in [1.82, 2.24) is 9.13 Å². The summed E-state index contributed by atoms with van der Waals surface area (Å²) in [4.78, 5) is 2.48. The number of hydrogen-bond acceptors (Lipinski definition) is 1. The Morgan fingerprint density at radius 2 is 0.848 bits per heavy atom. The van der Waals surface area contributed by atoms with E-state index in [9.17, 15) is 0 Å². The minimum absolute atomic E-state index is 0.684. The number of rotatable bonds is 1. The van der Waals surface area contributed by atoms with Crippen LogP contribution in [0.1, 0.15) is 11.1 Å². The Hall–Kier alpha value is -6.20. The van der Waals surface area contributed by atoms with Crippen LogP contribution >= 0.6 is 0 Å². The van der Waals surface area contributed by atoms with Crippen molar-refractivity contribution in [2.75, 3.05) is 4.90 Å². The van der Waals surface area contributed by atoms with Crippen LogP contribution in [0.15, 0.2) is 152 Å². The fourth-order valence-electron chi connectivity index (χ4n) is 9.13. The number of pyridine rings is 2. The van der Waals surface area contributed by atoms with Crippen LogP contribution in [-0.2, 0) is 5.66 Å². The minimum atomic E-state index is -0.684. The van der Waals surface area contributed by atoms with Crippen LogP contribution in [0.4, 0.5) is 17.1 Å². The highest BCUT2D eigenvalue weighted by molar-refractivity contribution is 6.09. The molecule has 0 bridgehead atoms. The largest absolute Gasteiger partial charge is 0.318 e. The molecule has 0 unspecified atom stereocenters. The summed E-state index contributed by atoms with van der Waals surface area (Å²) >= 11 is 0. The molecule has 0 N–H and O–H groups in total. The van der Waals surface area contributed by atoms with Crippen LogP contribution in [0.5, 0.6) is 0 Å². The zero-order chi connectivity index (χ0) is 29.7. The fourth-order valence-corrected chi connectivity index (χ4v) is 9.13. The molecule has 3 aliphatic rings. The molecule has 9 aromatic rings. The van der Waals surface area contributed by atoms with E-state index in [1.54, 1.807) is 0 Å². The van der Waals surface area contributed by atoms with E-state index in [0.29, 0.717) is 0 Å². The molecule has 0 saturated carbocycles. The highest BCUT2D eigenvalue weighted by Gasteiger charge is 2.64. The van der Waals surface area contributed by atoms with Gasteiger partial charge in [-0.1, -0.05) is 54.6 Å². The molecule has 212 valence electrons. The second kappa shape index (κ2) is 7.71. The van der Waals surface area contributed by atoms with Gasteiger partial charge < -0.3 is 4.90 Å². The van der Waals surface area contributed by atoms with Crippen molar-refractivity contribution in [1.29, 1.82) is 0 Å². The van der Waals surface area contributed by atoms with Gasteiger partial charge in [-0.25, -0.2) is 0 Å². The van der Waals surface area contributed by atoms with Crippen molar-refractivity contribution in [3.8, 4) is 11.4 Å². The summed E-state index contributed by atoms with van der Waals surface area (Å²) in [6.07, 6.45) is 4.61. The summed E-state index contributed by atoms with van der Waals surface area (Å²) in [5.41, 5.74) is 12.7. The zero-order valence-corrected chi connectivity index (χ0v) is 24.7. The van der Waals surface area contributed by atoms with Gasteiger partial charge >= 0.3 is 5.66 Å². The van der Waals surface area contributed by atoms with E-state index in [-0.39, 0.29) is 0 Å². The summed E-state index contributed by atoms with van der Waals surface area (Å²) < 4.78 is 10.1. The Morgan fingerprint density at radius 3 is 1.39 bits per heavy atom. The van der Waals surface area contributed by atoms with Gasteiger partial charge in [0.05, 0.1) is 34.5 Å². The SMILES string of the molecule is c1ccc(N2c3cccc4c3C3(c5c2cccc5-n2c5ccccc5c5ccc[n+]3c52)[n+]2cccc3c5ccccc5n-4c32)cc1. The number of fused-ring (bicyclic) bond motifs is 8. The second-order valence-electron chi connectivity index (χ2n) is 12.6. The zero-order valence-electron chi connectivity index (χ0n) is 24.7. The van der Waals surface area contributed by atoms with Crippen molar-refractivity contribution >= 4 is 60.9 Å². The molecule has 0 atom stereocenters. The number of para-hydroxylation sites is 3. The third kappa shape index (κ3) is 2.34. The Kier molecular flexibility index (Phi) is 3.89. The third-order valence-electron chi connectivity index (χ3n) is 10.6. The lowest BCUT2D eigenvalue weighted by Gasteiger charge is -2.45. The van der Waals surface area contributed by atoms with E-state index < -0.39 is 5.66 Å². The Bertz CT molecular complexity index is 2650.